The van der Waals surface area contributed by atoms with Gasteiger partial charge in [-0.2, -0.15) is 0 Å². The summed E-state index contributed by atoms with van der Waals surface area (Å²) >= 11 is 3.78. The zero-order valence-electron chi connectivity index (χ0n) is 23.9. The zero-order chi connectivity index (χ0) is 28.4. The monoisotopic (exact) mass is 590 g/mol. The van der Waals surface area contributed by atoms with Gasteiger partial charge in [0, 0.05) is 19.6 Å². The van der Waals surface area contributed by atoms with Crippen LogP contribution in [-0.2, 0) is 0 Å². The van der Waals surface area contributed by atoms with E-state index < -0.39 is 8.07 Å². The predicted molar refractivity (Wildman–Crippen MR) is 187 cm³/mol. The van der Waals surface area contributed by atoms with E-state index in [0.717, 1.165) is 0 Å². The van der Waals surface area contributed by atoms with Gasteiger partial charge in [0.15, 0.2) is 0 Å². The lowest BCUT2D eigenvalue weighted by Gasteiger charge is -2.22. The van der Waals surface area contributed by atoms with Crippen LogP contribution >= 0.6 is 23.5 Å². The largest absolute Gasteiger partial charge is 0.0877 e. The fraction of sp³-hybridized carbons (Fsp3) is 0.0769. The molecule has 0 radical (unpaired) electrons. The van der Waals surface area contributed by atoms with Crippen molar-refractivity contribution in [1.29, 1.82) is 0 Å². The van der Waals surface area contributed by atoms with E-state index in [1.165, 1.54) is 79.3 Å². The quantitative estimate of drug-likeness (QED) is 0.148. The Balaban J connectivity index is 1.30. The molecule has 0 aliphatic carbocycles. The summed E-state index contributed by atoms with van der Waals surface area (Å²) in [4.78, 5) is 5.39. The van der Waals surface area contributed by atoms with E-state index in [0.29, 0.717) is 0 Å². The van der Waals surface area contributed by atoms with E-state index in [1.54, 1.807) is 0 Å². The Kier molecular flexibility index (Phi) is 6.11. The second kappa shape index (κ2) is 9.91. The molecule has 0 bridgehead atoms. The molecule has 0 atom stereocenters. The molecule has 7 aromatic rings. The van der Waals surface area contributed by atoms with Crippen LogP contribution in [0.3, 0.4) is 0 Å². The third-order valence-corrected chi connectivity index (χ3v) is 13.0. The van der Waals surface area contributed by atoms with E-state index in [1.807, 2.05) is 23.5 Å². The van der Waals surface area contributed by atoms with E-state index in [2.05, 4.69) is 147 Å². The Morgan fingerprint density at radius 1 is 0.357 bits per heavy atom. The summed E-state index contributed by atoms with van der Waals surface area (Å²) in [6.07, 6.45) is 0. The molecule has 3 heteroatoms. The standard InChI is InChI=1S/C39H30S2Si/c1-42(2,3)29-21-27(20-28(22-29)26-17-19-38-39(24-26)41-37-15-9-8-14-36(37)40-38)25-16-18-34-32-12-5-4-10-30(32)31-11-6-7-13-33(31)35(34)23-25/h4-24H,1-3H3. The van der Waals surface area contributed by atoms with Crippen LogP contribution in [0.25, 0.3) is 54.6 Å². The minimum atomic E-state index is -1.58. The summed E-state index contributed by atoms with van der Waals surface area (Å²) < 4.78 is 0. The summed E-state index contributed by atoms with van der Waals surface area (Å²) in [5, 5.41) is 9.41. The molecule has 0 unspecified atom stereocenters. The van der Waals surface area contributed by atoms with Gasteiger partial charge >= 0.3 is 0 Å². The lowest BCUT2D eigenvalue weighted by molar-refractivity contribution is 1.16. The molecule has 0 spiro atoms. The van der Waals surface area contributed by atoms with Gasteiger partial charge in [0.1, 0.15) is 0 Å². The third-order valence-electron chi connectivity index (χ3n) is 8.44. The first-order valence-electron chi connectivity index (χ1n) is 14.5. The Morgan fingerprint density at radius 2 is 0.810 bits per heavy atom. The highest BCUT2D eigenvalue weighted by atomic mass is 32.2. The van der Waals surface area contributed by atoms with Crippen molar-refractivity contribution in [2.75, 3.05) is 0 Å². The average Bonchev–Trinajstić information content (AvgIpc) is 3.03. The van der Waals surface area contributed by atoms with Crippen molar-refractivity contribution < 1.29 is 0 Å². The lowest BCUT2D eigenvalue weighted by Crippen LogP contribution is -2.37. The predicted octanol–water partition coefficient (Wildman–Crippen LogP) is 11.6. The fourth-order valence-electron chi connectivity index (χ4n) is 6.19. The van der Waals surface area contributed by atoms with Crippen LogP contribution in [0.1, 0.15) is 0 Å². The van der Waals surface area contributed by atoms with Crippen LogP contribution in [0.15, 0.2) is 147 Å². The van der Waals surface area contributed by atoms with Gasteiger partial charge in [0.25, 0.3) is 0 Å². The highest BCUT2D eigenvalue weighted by Gasteiger charge is 2.21. The van der Waals surface area contributed by atoms with Crippen molar-refractivity contribution >= 4 is 69.1 Å². The maximum Gasteiger partial charge on any atom is 0.0776 e. The van der Waals surface area contributed by atoms with Crippen molar-refractivity contribution in [3.8, 4) is 22.3 Å². The molecule has 0 amide bonds. The lowest BCUT2D eigenvalue weighted by atomic mass is 9.91. The highest BCUT2D eigenvalue weighted by Crippen LogP contribution is 2.49. The first kappa shape index (κ1) is 25.9. The van der Waals surface area contributed by atoms with Gasteiger partial charge in [-0.1, -0.05) is 139 Å². The number of rotatable bonds is 3. The number of hydrogen-bond acceptors (Lipinski definition) is 2. The Hall–Kier alpha value is -3.76. The Bertz CT molecular complexity index is 2150. The first-order chi connectivity index (χ1) is 20.4. The molecule has 8 rings (SSSR count). The highest BCUT2D eigenvalue weighted by molar-refractivity contribution is 8.05. The van der Waals surface area contributed by atoms with Crippen LogP contribution in [0.5, 0.6) is 0 Å². The third kappa shape index (κ3) is 4.39. The zero-order valence-corrected chi connectivity index (χ0v) is 26.6. The molecule has 0 saturated heterocycles. The molecule has 0 fully saturated rings. The molecule has 0 saturated carbocycles. The van der Waals surface area contributed by atoms with Crippen LogP contribution in [-0.4, -0.2) is 8.07 Å². The molecule has 7 aromatic carbocycles. The molecule has 42 heavy (non-hydrogen) atoms. The summed E-state index contributed by atoms with van der Waals surface area (Å²) in [7, 11) is -1.58. The first-order valence-corrected chi connectivity index (χ1v) is 19.6. The average molecular weight is 591 g/mol. The van der Waals surface area contributed by atoms with Crippen molar-refractivity contribution in [3.63, 3.8) is 0 Å². The van der Waals surface area contributed by atoms with Gasteiger partial charge in [-0.25, -0.2) is 0 Å². The molecular weight excluding hydrogens is 561 g/mol. The van der Waals surface area contributed by atoms with Crippen molar-refractivity contribution in [3.05, 3.63) is 127 Å². The van der Waals surface area contributed by atoms with E-state index >= 15 is 0 Å². The van der Waals surface area contributed by atoms with E-state index in [4.69, 9.17) is 0 Å². The van der Waals surface area contributed by atoms with Crippen molar-refractivity contribution in [1.82, 2.24) is 0 Å². The molecule has 1 aliphatic rings. The van der Waals surface area contributed by atoms with Crippen LogP contribution in [0.4, 0.5) is 0 Å². The molecular formula is C39H30S2Si. The van der Waals surface area contributed by atoms with Crippen LogP contribution in [0, 0.1) is 0 Å². The topological polar surface area (TPSA) is 0 Å². The van der Waals surface area contributed by atoms with Gasteiger partial charge in [0.05, 0.1) is 8.07 Å². The maximum absolute atomic E-state index is 2.46. The number of hydrogen-bond donors (Lipinski definition) is 0. The smallest absolute Gasteiger partial charge is 0.0776 e. The van der Waals surface area contributed by atoms with Crippen LogP contribution < -0.4 is 5.19 Å². The summed E-state index contributed by atoms with van der Waals surface area (Å²) in [6.45, 7) is 7.35. The summed E-state index contributed by atoms with van der Waals surface area (Å²) in [5.74, 6) is 0. The number of benzene rings is 7. The SMILES string of the molecule is C[Si](C)(C)c1cc(-c2ccc3c(c2)Sc2ccccc2S3)cc(-c2ccc3c4ccccc4c4ccccc4c3c2)c1. The van der Waals surface area contributed by atoms with Crippen molar-refractivity contribution in [2.45, 2.75) is 39.2 Å². The van der Waals surface area contributed by atoms with Crippen molar-refractivity contribution in [2.24, 2.45) is 0 Å². The van der Waals surface area contributed by atoms with Gasteiger partial charge in [0.2, 0.25) is 0 Å². The van der Waals surface area contributed by atoms with Gasteiger partial charge < -0.3 is 0 Å². The molecule has 0 aromatic heterocycles. The van der Waals surface area contributed by atoms with Gasteiger partial charge in [-0.15, -0.1) is 0 Å². The molecule has 1 heterocycles. The van der Waals surface area contributed by atoms with E-state index in [-0.39, 0.29) is 0 Å². The fourth-order valence-corrected chi connectivity index (χ4v) is 9.62. The maximum atomic E-state index is 2.46. The summed E-state index contributed by atoms with van der Waals surface area (Å²) in [5.41, 5.74) is 5.18. The molecule has 0 nitrogen and oxygen atoms in total. The Labute approximate surface area is 256 Å². The second-order valence-corrected chi connectivity index (χ2v) is 19.5. The molecule has 1 aliphatic heterocycles. The normalized spacial score (nSPS) is 12.9. The van der Waals surface area contributed by atoms with E-state index in [9.17, 15) is 0 Å². The van der Waals surface area contributed by atoms with Gasteiger partial charge in [-0.05, 0) is 91.0 Å². The number of fused-ring (bicyclic) bond motifs is 8. The molecule has 202 valence electrons. The van der Waals surface area contributed by atoms with Gasteiger partial charge in [-0.3, -0.25) is 0 Å². The Morgan fingerprint density at radius 3 is 1.40 bits per heavy atom. The van der Waals surface area contributed by atoms with Crippen LogP contribution in [0.2, 0.25) is 19.6 Å². The molecule has 0 N–H and O–H groups in total. The summed E-state index contributed by atoms with van der Waals surface area (Å²) in [6, 6.07) is 47.8. The minimum absolute atomic E-state index is 1.28. The minimum Gasteiger partial charge on any atom is -0.0877 e. The second-order valence-electron chi connectivity index (χ2n) is 12.2.